The summed E-state index contributed by atoms with van der Waals surface area (Å²) < 4.78 is 13.7. The monoisotopic (exact) mass is 344 g/mol. The molecule has 0 radical (unpaired) electrons. The topological polar surface area (TPSA) is 83.6 Å². The second-order valence-corrected chi connectivity index (χ2v) is 5.70. The molecule has 1 aromatic rings. The Morgan fingerprint density at radius 3 is 2.80 bits per heavy atom. The van der Waals surface area contributed by atoms with Gasteiger partial charge in [-0.3, -0.25) is 9.59 Å². The van der Waals surface area contributed by atoms with Gasteiger partial charge in [0.2, 0.25) is 0 Å². The van der Waals surface area contributed by atoms with Crippen LogP contribution in [0.4, 0.5) is 4.39 Å². The highest BCUT2D eigenvalue weighted by molar-refractivity contribution is 9.10. The van der Waals surface area contributed by atoms with E-state index in [1.54, 1.807) is 0 Å². The van der Waals surface area contributed by atoms with Gasteiger partial charge in [0.25, 0.3) is 11.8 Å². The van der Waals surface area contributed by atoms with E-state index in [9.17, 15) is 19.1 Å². The highest BCUT2D eigenvalue weighted by Gasteiger charge is 2.40. The number of nitrogens with two attached hydrogens (primary N) is 1. The zero-order chi connectivity index (χ0) is 14.9. The van der Waals surface area contributed by atoms with E-state index in [2.05, 4.69) is 15.9 Å². The van der Waals surface area contributed by atoms with Crippen molar-refractivity contribution in [1.82, 2.24) is 4.90 Å². The lowest BCUT2D eigenvalue weighted by Gasteiger charge is -2.37. The lowest BCUT2D eigenvalue weighted by Crippen LogP contribution is -2.57. The fourth-order valence-electron chi connectivity index (χ4n) is 2.24. The number of carbonyl (C=O) groups is 2. The van der Waals surface area contributed by atoms with Gasteiger partial charge in [0, 0.05) is 11.0 Å². The molecule has 0 unspecified atom stereocenters. The summed E-state index contributed by atoms with van der Waals surface area (Å²) >= 11 is 3.19. The van der Waals surface area contributed by atoms with E-state index in [1.165, 1.54) is 17.0 Å². The maximum atomic E-state index is 13.2. The molecular weight excluding hydrogens is 331 g/mol. The molecule has 1 aliphatic heterocycles. The molecule has 1 aromatic carbocycles. The average Bonchev–Trinajstić information content (AvgIpc) is 2.40. The number of hydrogen-bond donors (Lipinski definition) is 2. The number of piperidine rings is 1. The molecule has 1 saturated heterocycles. The van der Waals surface area contributed by atoms with Gasteiger partial charge < -0.3 is 15.7 Å². The van der Waals surface area contributed by atoms with Gasteiger partial charge in [-0.15, -0.1) is 0 Å². The number of nitrogens with zero attached hydrogens (tertiary/aromatic N) is 1. The van der Waals surface area contributed by atoms with Crippen molar-refractivity contribution in [1.29, 1.82) is 0 Å². The molecule has 108 valence electrons. The second-order valence-electron chi connectivity index (χ2n) is 4.85. The number of carbonyl (C=O) groups excluding carboxylic acids is 2. The summed E-state index contributed by atoms with van der Waals surface area (Å²) in [7, 11) is 0. The van der Waals surface area contributed by atoms with Crippen LogP contribution < -0.4 is 5.73 Å². The molecule has 3 N–H and O–H groups in total. The van der Waals surface area contributed by atoms with Crippen LogP contribution in [0.2, 0.25) is 0 Å². The molecule has 0 aromatic heterocycles. The van der Waals surface area contributed by atoms with Crippen molar-refractivity contribution in [2.75, 3.05) is 13.1 Å². The smallest absolute Gasteiger partial charge is 0.255 e. The highest BCUT2D eigenvalue weighted by Crippen LogP contribution is 2.25. The number of halogens is 2. The molecule has 0 aliphatic carbocycles. The summed E-state index contributed by atoms with van der Waals surface area (Å²) in [5, 5.41) is 10.1. The molecule has 5 nitrogen and oxygen atoms in total. The van der Waals surface area contributed by atoms with Gasteiger partial charge in [-0.1, -0.05) is 0 Å². The van der Waals surface area contributed by atoms with Crippen molar-refractivity contribution in [3.8, 4) is 0 Å². The van der Waals surface area contributed by atoms with Crippen molar-refractivity contribution in [3.05, 3.63) is 34.1 Å². The summed E-state index contributed by atoms with van der Waals surface area (Å²) in [6, 6.07) is 3.79. The highest BCUT2D eigenvalue weighted by atomic mass is 79.9. The Bertz CT molecular complexity index is 567. The maximum absolute atomic E-state index is 13.2. The summed E-state index contributed by atoms with van der Waals surface area (Å²) in [4.78, 5) is 24.9. The largest absolute Gasteiger partial charge is 0.378 e. The lowest BCUT2D eigenvalue weighted by atomic mass is 9.92. The first-order chi connectivity index (χ1) is 9.33. The Morgan fingerprint density at radius 2 is 2.15 bits per heavy atom. The molecular formula is C13H14BrFN2O3. The standard InChI is InChI=1S/C13H14BrFN2O3/c14-10-3-2-8(15)6-9(10)11(18)17-5-1-4-13(20,7-17)12(16)19/h2-3,6,20H,1,4-5,7H2,(H2,16,19)/t13-/m1/s1. The third kappa shape index (κ3) is 2.83. The van der Waals surface area contributed by atoms with Crippen molar-refractivity contribution >= 4 is 27.7 Å². The average molecular weight is 345 g/mol. The van der Waals surface area contributed by atoms with Gasteiger partial charge in [0.15, 0.2) is 5.60 Å². The van der Waals surface area contributed by atoms with Gasteiger partial charge >= 0.3 is 0 Å². The van der Waals surface area contributed by atoms with E-state index in [-0.39, 0.29) is 18.5 Å². The van der Waals surface area contributed by atoms with Crippen LogP contribution in [-0.4, -0.2) is 40.5 Å². The lowest BCUT2D eigenvalue weighted by molar-refractivity contribution is -0.140. The Balaban J connectivity index is 2.25. The van der Waals surface area contributed by atoms with Crippen LogP contribution in [0.15, 0.2) is 22.7 Å². The minimum Gasteiger partial charge on any atom is -0.378 e. The van der Waals surface area contributed by atoms with E-state index in [0.29, 0.717) is 17.4 Å². The first-order valence-corrected chi connectivity index (χ1v) is 6.89. The Hall–Kier alpha value is -1.47. The fraction of sp³-hybridized carbons (Fsp3) is 0.385. The van der Waals surface area contributed by atoms with Crippen LogP contribution in [0, 0.1) is 5.82 Å². The Morgan fingerprint density at radius 1 is 1.45 bits per heavy atom. The minimum absolute atomic E-state index is 0.152. The number of amides is 2. The predicted octanol–water partition coefficient (Wildman–Crippen LogP) is 1.04. The zero-order valence-electron chi connectivity index (χ0n) is 10.6. The van der Waals surface area contributed by atoms with Crippen LogP contribution in [0.3, 0.4) is 0 Å². The molecule has 1 atom stereocenters. The molecule has 0 bridgehead atoms. The molecule has 7 heteroatoms. The van der Waals surface area contributed by atoms with Crippen LogP contribution in [0.25, 0.3) is 0 Å². The van der Waals surface area contributed by atoms with Gasteiger partial charge in [0.05, 0.1) is 12.1 Å². The Kier molecular flexibility index (Phi) is 4.10. The normalized spacial score (nSPS) is 22.6. The van der Waals surface area contributed by atoms with Crippen molar-refractivity contribution < 1.29 is 19.1 Å². The SMILES string of the molecule is NC(=O)[C@@]1(O)CCCN(C(=O)c2cc(F)ccc2Br)C1. The Labute approximate surface area is 123 Å². The third-order valence-corrected chi connectivity index (χ3v) is 4.07. The van der Waals surface area contributed by atoms with Gasteiger partial charge in [-0.25, -0.2) is 4.39 Å². The molecule has 2 rings (SSSR count). The van der Waals surface area contributed by atoms with Gasteiger partial charge in [-0.2, -0.15) is 0 Å². The predicted molar refractivity (Wildman–Crippen MR) is 73.4 cm³/mol. The van der Waals surface area contributed by atoms with Crippen LogP contribution in [0.1, 0.15) is 23.2 Å². The van der Waals surface area contributed by atoms with Crippen LogP contribution in [-0.2, 0) is 4.79 Å². The number of rotatable bonds is 2. The number of likely N-dealkylation sites (tertiary alicyclic amines) is 1. The van der Waals surface area contributed by atoms with E-state index in [1.807, 2.05) is 0 Å². The summed E-state index contributed by atoms with van der Waals surface area (Å²) in [5.74, 6) is -1.83. The molecule has 20 heavy (non-hydrogen) atoms. The summed E-state index contributed by atoms with van der Waals surface area (Å²) in [6.07, 6.45) is 0.675. The van der Waals surface area contributed by atoms with Crippen LogP contribution in [0.5, 0.6) is 0 Å². The molecule has 0 saturated carbocycles. The van der Waals surface area contributed by atoms with E-state index >= 15 is 0 Å². The molecule has 0 spiro atoms. The fourth-order valence-corrected chi connectivity index (χ4v) is 2.66. The third-order valence-electron chi connectivity index (χ3n) is 3.38. The van der Waals surface area contributed by atoms with E-state index in [4.69, 9.17) is 5.73 Å². The molecule has 1 fully saturated rings. The number of β-amino-alcohol motifs (C(OH)–C–C–N with tert-alkyl or cyclic N) is 1. The summed E-state index contributed by atoms with van der Waals surface area (Å²) in [5.41, 5.74) is 3.60. The van der Waals surface area contributed by atoms with Crippen molar-refractivity contribution in [2.45, 2.75) is 18.4 Å². The van der Waals surface area contributed by atoms with Crippen molar-refractivity contribution in [3.63, 3.8) is 0 Å². The maximum Gasteiger partial charge on any atom is 0.255 e. The van der Waals surface area contributed by atoms with E-state index in [0.717, 1.165) is 6.07 Å². The quantitative estimate of drug-likeness (QED) is 0.840. The molecule has 1 aliphatic rings. The van der Waals surface area contributed by atoms with E-state index < -0.39 is 23.2 Å². The number of hydrogen-bond acceptors (Lipinski definition) is 3. The summed E-state index contributed by atoms with van der Waals surface area (Å²) in [6.45, 7) is 0.210. The minimum atomic E-state index is -1.71. The number of aliphatic hydroxyl groups is 1. The number of benzene rings is 1. The second kappa shape index (κ2) is 5.49. The van der Waals surface area contributed by atoms with Crippen molar-refractivity contribution in [2.24, 2.45) is 5.73 Å². The molecule has 2 amide bonds. The zero-order valence-corrected chi connectivity index (χ0v) is 12.2. The van der Waals surface area contributed by atoms with Crippen LogP contribution >= 0.6 is 15.9 Å². The first kappa shape index (κ1) is 14.9. The first-order valence-electron chi connectivity index (χ1n) is 6.10. The molecule has 1 heterocycles. The van der Waals surface area contributed by atoms with Gasteiger partial charge in [-0.05, 0) is 47.0 Å². The number of primary amides is 1. The van der Waals surface area contributed by atoms with Gasteiger partial charge in [0.1, 0.15) is 5.82 Å².